The summed E-state index contributed by atoms with van der Waals surface area (Å²) in [6, 6.07) is 3.21. The van der Waals surface area contributed by atoms with Crippen molar-refractivity contribution < 1.29 is 24.4 Å². The zero-order chi connectivity index (χ0) is 15.6. The third-order valence-electron chi connectivity index (χ3n) is 3.43. The topological polar surface area (TPSA) is 110 Å². The van der Waals surface area contributed by atoms with Gasteiger partial charge in [0.05, 0.1) is 12.0 Å². The fourth-order valence-corrected chi connectivity index (χ4v) is 2.47. The smallest absolute Gasteiger partial charge is 0.326 e. The highest BCUT2D eigenvalue weighted by Crippen LogP contribution is 2.32. The molecule has 1 aliphatic rings. The van der Waals surface area contributed by atoms with Crippen LogP contribution in [-0.4, -0.2) is 46.5 Å². The number of hydrogen-bond donors (Lipinski definition) is 1. The molecule has 8 heteroatoms. The molecule has 0 saturated carbocycles. The molecule has 1 amide bonds. The second-order valence-electron chi connectivity index (χ2n) is 4.61. The van der Waals surface area contributed by atoms with E-state index >= 15 is 0 Å². The zero-order valence-corrected chi connectivity index (χ0v) is 11.3. The van der Waals surface area contributed by atoms with Crippen molar-refractivity contribution >= 4 is 17.6 Å². The van der Waals surface area contributed by atoms with E-state index in [0.29, 0.717) is 12.8 Å². The Morgan fingerprint density at radius 2 is 2.19 bits per heavy atom. The molecule has 0 aromatic heterocycles. The lowest BCUT2D eigenvalue weighted by molar-refractivity contribution is -0.386. The number of carbonyl (C=O) groups is 2. The SMILES string of the molecule is COc1cccc(C(=O)N2CCC[C@H]2C(=O)O)c1[N+](=O)[O-]. The Morgan fingerprint density at radius 3 is 2.76 bits per heavy atom. The second kappa shape index (κ2) is 5.78. The third-order valence-corrected chi connectivity index (χ3v) is 3.43. The predicted molar refractivity (Wildman–Crippen MR) is 71.3 cm³/mol. The first-order valence-electron chi connectivity index (χ1n) is 6.32. The van der Waals surface area contributed by atoms with Gasteiger partial charge in [0.15, 0.2) is 5.75 Å². The molecule has 1 aliphatic heterocycles. The van der Waals surface area contributed by atoms with E-state index in [1.165, 1.54) is 25.3 Å². The summed E-state index contributed by atoms with van der Waals surface area (Å²) < 4.78 is 4.91. The van der Waals surface area contributed by atoms with E-state index in [1.807, 2.05) is 0 Å². The summed E-state index contributed by atoms with van der Waals surface area (Å²) in [4.78, 5) is 35.2. The summed E-state index contributed by atoms with van der Waals surface area (Å²) in [5, 5.41) is 20.3. The van der Waals surface area contributed by atoms with Crippen molar-refractivity contribution in [1.82, 2.24) is 4.90 Å². The lowest BCUT2D eigenvalue weighted by Crippen LogP contribution is -2.40. The Morgan fingerprint density at radius 1 is 1.48 bits per heavy atom. The maximum atomic E-state index is 12.5. The largest absolute Gasteiger partial charge is 0.490 e. The van der Waals surface area contributed by atoms with Crippen LogP contribution >= 0.6 is 0 Å². The molecule has 1 N–H and O–H groups in total. The van der Waals surface area contributed by atoms with Gasteiger partial charge in [0, 0.05) is 6.54 Å². The van der Waals surface area contributed by atoms with Crippen molar-refractivity contribution in [2.24, 2.45) is 0 Å². The number of carboxylic acid groups (broad SMARTS) is 1. The highest BCUT2D eigenvalue weighted by Gasteiger charge is 2.37. The van der Waals surface area contributed by atoms with Crippen molar-refractivity contribution in [3.05, 3.63) is 33.9 Å². The van der Waals surface area contributed by atoms with Crippen molar-refractivity contribution in [3.63, 3.8) is 0 Å². The van der Waals surface area contributed by atoms with Crippen molar-refractivity contribution in [2.45, 2.75) is 18.9 Å². The van der Waals surface area contributed by atoms with E-state index in [1.54, 1.807) is 0 Å². The van der Waals surface area contributed by atoms with Crippen LogP contribution in [0.4, 0.5) is 5.69 Å². The molecular formula is C13H14N2O6. The molecular weight excluding hydrogens is 280 g/mol. The molecule has 112 valence electrons. The number of hydrogen-bond acceptors (Lipinski definition) is 5. The van der Waals surface area contributed by atoms with Gasteiger partial charge < -0.3 is 14.7 Å². The lowest BCUT2D eigenvalue weighted by Gasteiger charge is -2.21. The molecule has 0 aliphatic carbocycles. The number of likely N-dealkylation sites (tertiary alicyclic amines) is 1. The summed E-state index contributed by atoms with van der Waals surface area (Å²) in [6.07, 6.45) is 0.902. The highest BCUT2D eigenvalue weighted by molar-refractivity contribution is 6.01. The van der Waals surface area contributed by atoms with Crippen LogP contribution in [-0.2, 0) is 4.79 Å². The number of nitrogens with zero attached hydrogens (tertiary/aromatic N) is 2. The minimum absolute atomic E-state index is 0.0306. The van der Waals surface area contributed by atoms with Crippen LogP contribution in [0.15, 0.2) is 18.2 Å². The summed E-state index contributed by atoms with van der Waals surface area (Å²) >= 11 is 0. The number of rotatable bonds is 4. The summed E-state index contributed by atoms with van der Waals surface area (Å²) in [6.45, 7) is 0.268. The highest BCUT2D eigenvalue weighted by atomic mass is 16.6. The van der Waals surface area contributed by atoms with Crippen LogP contribution in [0.1, 0.15) is 23.2 Å². The Labute approximate surface area is 120 Å². The van der Waals surface area contributed by atoms with E-state index in [-0.39, 0.29) is 17.9 Å². The first-order valence-corrected chi connectivity index (χ1v) is 6.32. The van der Waals surface area contributed by atoms with Gasteiger partial charge in [-0.3, -0.25) is 14.9 Å². The molecule has 1 aromatic carbocycles. The van der Waals surface area contributed by atoms with E-state index in [9.17, 15) is 19.7 Å². The number of benzene rings is 1. The van der Waals surface area contributed by atoms with Crippen LogP contribution in [0, 0.1) is 10.1 Å². The van der Waals surface area contributed by atoms with Gasteiger partial charge in [-0.15, -0.1) is 0 Å². The minimum atomic E-state index is -1.11. The molecule has 1 saturated heterocycles. The molecule has 1 aromatic rings. The van der Waals surface area contributed by atoms with Crippen LogP contribution in [0.2, 0.25) is 0 Å². The van der Waals surface area contributed by atoms with Crippen LogP contribution in [0.3, 0.4) is 0 Å². The van der Waals surface area contributed by atoms with Crippen molar-refractivity contribution in [1.29, 1.82) is 0 Å². The summed E-state index contributed by atoms with van der Waals surface area (Å²) in [5.74, 6) is -1.80. The molecule has 0 radical (unpaired) electrons. The first kappa shape index (κ1) is 14.8. The fraction of sp³-hybridized carbons (Fsp3) is 0.385. The van der Waals surface area contributed by atoms with Crippen molar-refractivity contribution in [2.75, 3.05) is 13.7 Å². The molecule has 1 fully saturated rings. The Bertz CT molecular complexity index is 600. The van der Waals surface area contributed by atoms with Gasteiger partial charge in [-0.2, -0.15) is 0 Å². The number of ether oxygens (including phenoxy) is 1. The van der Waals surface area contributed by atoms with Crippen LogP contribution in [0.25, 0.3) is 0 Å². The molecule has 21 heavy (non-hydrogen) atoms. The Balaban J connectivity index is 2.44. The number of para-hydroxylation sites is 1. The van der Waals surface area contributed by atoms with E-state index in [4.69, 9.17) is 9.84 Å². The van der Waals surface area contributed by atoms with E-state index < -0.39 is 28.5 Å². The fourth-order valence-electron chi connectivity index (χ4n) is 2.47. The normalized spacial score (nSPS) is 17.6. The number of methoxy groups -OCH3 is 1. The molecule has 1 heterocycles. The maximum absolute atomic E-state index is 12.5. The molecule has 0 unspecified atom stereocenters. The van der Waals surface area contributed by atoms with E-state index in [0.717, 1.165) is 4.90 Å². The number of nitro groups is 1. The predicted octanol–water partition coefficient (Wildman–Crippen LogP) is 1.29. The zero-order valence-electron chi connectivity index (χ0n) is 11.3. The second-order valence-corrected chi connectivity index (χ2v) is 4.61. The Hall–Kier alpha value is -2.64. The van der Waals surface area contributed by atoms with Gasteiger partial charge >= 0.3 is 11.7 Å². The van der Waals surface area contributed by atoms with Gasteiger partial charge in [-0.05, 0) is 25.0 Å². The molecule has 2 rings (SSSR count). The average molecular weight is 294 g/mol. The van der Waals surface area contributed by atoms with Gasteiger partial charge in [0.2, 0.25) is 0 Å². The average Bonchev–Trinajstić information content (AvgIpc) is 2.95. The van der Waals surface area contributed by atoms with Gasteiger partial charge in [-0.1, -0.05) is 6.07 Å². The maximum Gasteiger partial charge on any atom is 0.326 e. The number of carbonyl (C=O) groups excluding carboxylic acids is 1. The molecule has 8 nitrogen and oxygen atoms in total. The van der Waals surface area contributed by atoms with Gasteiger partial charge in [0.1, 0.15) is 11.6 Å². The van der Waals surface area contributed by atoms with Gasteiger partial charge in [-0.25, -0.2) is 4.79 Å². The first-order chi connectivity index (χ1) is 9.97. The summed E-state index contributed by atoms with van der Waals surface area (Å²) in [7, 11) is 1.27. The van der Waals surface area contributed by atoms with Gasteiger partial charge in [0.25, 0.3) is 5.91 Å². The number of amides is 1. The van der Waals surface area contributed by atoms with E-state index in [2.05, 4.69) is 0 Å². The summed E-state index contributed by atoms with van der Waals surface area (Å²) in [5.41, 5.74) is -0.603. The standard InChI is InChI=1S/C13H14N2O6/c1-21-10-6-2-4-8(11(10)15(19)20)12(16)14-7-3-5-9(14)13(17)18/h2,4,6,9H,3,5,7H2,1H3,(H,17,18)/t9-/m0/s1. The number of carboxylic acids is 1. The third kappa shape index (κ3) is 2.64. The number of aliphatic carboxylic acids is 1. The lowest BCUT2D eigenvalue weighted by atomic mass is 10.1. The minimum Gasteiger partial charge on any atom is -0.490 e. The molecule has 0 bridgehead atoms. The molecule has 1 atom stereocenters. The monoisotopic (exact) mass is 294 g/mol. The quantitative estimate of drug-likeness (QED) is 0.662. The van der Waals surface area contributed by atoms with Crippen LogP contribution < -0.4 is 4.74 Å². The van der Waals surface area contributed by atoms with Crippen LogP contribution in [0.5, 0.6) is 5.75 Å². The van der Waals surface area contributed by atoms with Crippen molar-refractivity contribution in [3.8, 4) is 5.75 Å². The Kier molecular flexibility index (Phi) is 4.06. The number of nitro benzene ring substituents is 1. The molecule has 0 spiro atoms.